The number of hydrogen-bond donors (Lipinski definition) is 0. The SMILES string of the molecule is CCCn1ccn(Cc2nnsc2Cl)c1=O. The molecule has 2 heterocycles. The van der Waals surface area contributed by atoms with Crippen LogP contribution in [-0.4, -0.2) is 18.7 Å². The van der Waals surface area contributed by atoms with Crippen LogP contribution in [-0.2, 0) is 13.1 Å². The van der Waals surface area contributed by atoms with E-state index in [-0.39, 0.29) is 5.69 Å². The molecular formula is C9H11ClN4OS. The van der Waals surface area contributed by atoms with Crippen molar-refractivity contribution in [2.45, 2.75) is 26.4 Å². The fraction of sp³-hybridized carbons (Fsp3) is 0.444. The first-order chi connectivity index (χ1) is 7.72. The van der Waals surface area contributed by atoms with E-state index in [9.17, 15) is 4.79 Å². The topological polar surface area (TPSA) is 52.7 Å². The van der Waals surface area contributed by atoms with Gasteiger partial charge in [0.05, 0.1) is 6.54 Å². The summed E-state index contributed by atoms with van der Waals surface area (Å²) in [6.07, 6.45) is 4.45. The molecule has 0 fully saturated rings. The molecule has 0 aliphatic carbocycles. The summed E-state index contributed by atoms with van der Waals surface area (Å²) < 4.78 is 7.52. The zero-order valence-electron chi connectivity index (χ0n) is 8.76. The van der Waals surface area contributed by atoms with Gasteiger partial charge in [-0.1, -0.05) is 23.0 Å². The molecule has 0 unspecified atom stereocenters. The maximum Gasteiger partial charge on any atom is 0.328 e. The highest BCUT2D eigenvalue weighted by molar-refractivity contribution is 7.10. The van der Waals surface area contributed by atoms with Crippen molar-refractivity contribution in [1.82, 2.24) is 18.7 Å². The van der Waals surface area contributed by atoms with Gasteiger partial charge in [0.1, 0.15) is 10.0 Å². The van der Waals surface area contributed by atoms with Crippen LogP contribution < -0.4 is 5.69 Å². The molecule has 0 aliphatic heterocycles. The predicted octanol–water partition coefficient (Wildman–Crippen LogP) is 1.61. The largest absolute Gasteiger partial charge is 0.328 e. The van der Waals surface area contributed by atoms with E-state index >= 15 is 0 Å². The van der Waals surface area contributed by atoms with Crippen LogP contribution in [0.5, 0.6) is 0 Å². The Hall–Kier alpha value is -1.14. The van der Waals surface area contributed by atoms with Crippen LogP contribution in [0.4, 0.5) is 0 Å². The van der Waals surface area contributed by atoms with Gasteiger partial charge >= 0.3 is 5.69 Å². The van der Waals surface area contributed by atoms with Crippen molar-refractivity contribution < 1.29 is 0 Å². The van der Waals surface area contributed by atoms with E-state index in [4.69, 9.17) is 11.6 Å². The van der Waals surface area contributed by atoms with Crippen molar-refractivity contribution in [2.24, 2.45) is 0 Å². The third kappa shape index (κ3) is 2.17. The molecule has 0 aromatic carbocycles. The fourth-order valence-electron chi connectivity index (χ4n) is 1.44. The number of rotatable bonds is 4. The minimum Gasteiger partial charge on any atom is -0.299 e. The molecular weight excluding hydrogens is 248 g/mol. The van der Waals surface area contributed by atoms with Crippen molar-refractivity contribution in [1.29, 1.82) is 0 Å². The lowest BCUT2D eigenvalue weighted by Crippen LogP contribution is -2.24. The molecule has 86 valence electrons. The first-order valence-electron chi connectivity index (χ1n) is 4.94. The maximum atomic E-state index is 11.8. The minimum atomic E-state index is -0.0362. The van der Waals surface area contributed by atoms with Crippen molar-refractivity contribution >= 4 is 23.1 Å². The Morgan fingerprint density at radius 3 is 2.81 bits per heavy atom. The zero-order chi connectivity index (χ0) is 11.5. The summed E-state index contributed by atoms with van der Waals surface area (Å²) in [5.74, 6) is 0. The molecule has 0 amide bonds. The maximum absolute atomic E-state index is 11.8. The molecule has 0 N–H and O–H groups in total. The number of halogens is 1. The Bertz CT molecular complexity index is 530. The Balaban J connectivity index is 2.23. The second kappa shape index (κ2) is 4.80. The average Bonchev–Trinajstić information content (AvgIpc) is 2.80. The highest BCUT2D eigenvalue weighted by Gasteiger charge is 2.09. The van der Waals surface area contributed by atoms with Crippen LogP contribution in [0.1, 0.15) is 19.0 Å². The van der Waals surface area contributed by atoms with Gasteiger partial charge in [0, 0.05) is 30.5 Å². The van der Waals surface area contributed by atoms with Crippen LogP contribution >= 0.6 is 23.1 Å². The van der Waals surface area contributed by atoms with Gasteiger partial charge in [-0.05, 0) is 6.42 Å². The summed E-state index contributed by atoms with van der Waals surface area (Å²) in [5.41, 5.74) is 0.605. The Morgan fingerprint density at radius 1 is 1.44 bits per heavy atom. The lowest BCUT2D eigenvalue weighted by atomic mass is 10.5. The Labute approximate surface area is 101 Å². The summed E-state index contributed by atoms with van der Waals surface area (Å²) in [5, 5.41) is 3.88. The number of imidazole rings is 1. The summed E-state index contributed by atoms with van der Waals surface area (Å²) in [6, 6.07) is 0. The van der Waals surface area contributed by atoms with E-state index in [0.29, 0.717) is 16.6 Å². The summed E-state index contributed by atoms with van der Waals surface area (Å²) in [7, 11) is 0. The molecule has 2 aromatic heterocycles. The van der Waals surface area contributed by atoms with Crippen molar-refractivity contribution in [3.63, 3.8) is 0 Å². The smallest absolute Gasteiger partial charge is 0.299 e. The molecule has 0 saturated carbocycles. The molecule has 0 bridgehead atoms. The molecule has 2 rings (SSSR count). The van der Waals surface area contributed by atoms with Crippen LogP contribution in [0.15, 0.2) is 17.2 Å². The first kappa shape index (κ1) is 11.3. The molecule has 0 spiro atoms. The Morgan fingerprint density at radius 2 is 2.19 bits per heavy atom. The third-order valence-corrected chi connectivity index (χ3v) is 3.20. The Kier molecular flexibility index (Phi) is 3.40. The second-order valence-corrected chi connectivity index (χ2v) is 4.75. The summed E-state index contributed by atoms with van der Waals surface area (Å²) in [6.45, 7) is 3.14. The van der Waals surface area contributed by atoms with E-state index in [1.165, 1.54) is 0 Å². The monoisotopic (exact) mass is 258 g/mol. The lowest BCUT2D eigenvalue weighted by molar-refractivity contribution is 0.620. The molecule has 16 heavy (non-hydrogen) atoms. The highest BCUT2D eigenvalue weighted by atomic mass is 35.5. The van der Waals surface area contributed by atoms with Gasteiger partial charge in [0.25, 0.3) is 0 Å². The average molecular weight is 259 g/mol. The van der Waals surface area contributed by atoms with E-state index in [1.54, 1.807) is 21.5 Å². The summed E-state index contributed by atoms with van der Waals surface area (Å²) in [4.78, 5) is 11.8. The van der Waals surface area contributed by atoms with Gasteiger partial charge in [0.2, 0.25) is 0 Å². The lowest BCUT2D eigenvalue weighted by Gasteiger charge is -1.98. The normalized spacial score (nSPS) is 10.9. The van der Waals surface area contributed by atoms with Crippen LogP contribution in [0.25, 0.3) is 0 Å². The second-order valence-electron chi connectivity index (χ2n) is 3.40. The number of hydrogen-bond acceptors (Lipinski definition) is 4. The van der Waals surface area contributed by atoms with Crippen LogP contribution in [0.2, 0.25) is 4.34 Å². The van der Waals surface area contributed by atoms with Crippen molar-refractivity contribution in [3.05, 3.63) is 32.9 Å². The number of aryl methyl sites for hydroxylation is 1. The molecule has 0 radical (unpaired) electrons. The molecule has 7 heteroatoms. The van der Waals surface area contributed by atoms with E-state index < -0.39 is 0 Å². The van der Waals surface area contributed by atoms with Gasteiger partial charge in [-0.25, -0.2) is 4.79 Å². The van der Waals surface area contributed by atoms with Crippen LogP contribution in [0.3, 0.4) is 0 Å². The van der Waals surface area contributed by atoms with Gasteiger partial charge < -0.3 is 0 Å². The van der Waals surface area contributed by atoms with E-state index in [2.05, 4.69) is 9.59 Å². The third-order valence-electron chi connectivity index (χ3n) is 2.21. The van der Waals surface area contributed by atoms with E-state index in [0.717, 1.165) is 24.5 Å². The van der Waals surface area contributed by atoms with Gasteiger partial charge in [-0.2, -0.15) is 0 Å². The molecule has 0 atom stereocenters. The zero-order valence-corrected chi connectivity index (χ0v) is 10.3. The van der Waals surface area contributed by atoms with E-state index in [1.807, 2.05) is 6.92 Å². The van der Waals surface area contributed by atoms with Crippen LogP contribution in [0, 0.1) is 0 Å². The first-order valence-corrected chi connectivity index (χ1v) is 6.09. The summed E-state index contributed by atoms with van der Waals surface area (Å²) >= 11 is 7.01. The predicted molar refractivity (Wildman–Crippen MR) is 63.0 cm³/mol. The molecule has 0 aliphatic rings. The fourth-order valence-corrected chi connectivity index (χ4v) is 2.05. The highest BCUT2D eigenvalue weighted by Crippen LogP contribution is 2.17. The standard InChI is InChI=1S/C9H11ClN4OS/c1-2-3-13-4-5-14(9(13)15)6-7-8(10)16-12-11-7/h4-5H,2-3,6H2,1H3. The van der Waals surface area contributed by atoms with Gasteiger partial charge in [0.15, 0.2) is 0 Å². The van der Waals surface area contributed by atoms with Gasteiger partial charge in [-0.3, -0.25) is 9.13 Å². The molecule has 0 saturated heterocycles. The number of aromatic nitrogens is 4. The van der Waals surface area contributed by atoms with Crippen molar-refractivity contribution in [2.75, 3.05) is 0 Å². The quantitative estimate of drug-likeness (QED) is 0.837. The van der Waals surface area contributed by atoms with Gasteiger partial charge in [-0.15, -0.1) is 5.10 Å². The molecule has 2 aromatic rings. The number of nitrogens with zero attached hydrogens (tertiary/aromatic N) is 4. The molecule has 5 nitrogen and oxygen atoms in total. The van der Waals surface area contributed by atoms with Crippen molar-refractivity contribution in [3.8, 4) is 0 Å². The minimum absolute atomic E-state index is 0.0362.